The summed E-state index contributed by atoms with van der Waals surface area (Å²) in [5.41, 5.74) is 5.88. The van der Waals surface area contributed by atoms with E-state index in [1.54, 1.807) is 20.3 Å². The Morgan fingerprint density at radius 1 is 1.24 bits per heavy atom. The molecule has 1 aromatic carbocycles. The molecular weight excluding hydrogens is 222 g/mol. The molecule has 0 spiro atoms. The molecule has 0 aliphatic carbocycles. The number of rotatable bonds is 5. The molecule has 0 saturated carbocycles. The minimum absolute atomic E-state index is 0.0199. The second-order valence-corrected chi connectivity index (χ2v) is 3.68. The van der Waals surface area contributed by atoms with Crippen molar-refractivity contribution in [3.63, 3.8) is 0 Å². The summed E-state index contributed by atoms with van der Waals surface area (Å²) in [4.78, 5) is 10.5. The fourth-order valence-corrected chi connectivity index (χ4v) is 1.42. The van der Waals surface area contributed by atoms with Gasteiger partial charge in [-0.1, -0.05) is 6.92 Å². The predicted octanol–water partition coefficient (Wildman–Crippen LogP) is 1.90. The highest BCUT2D eigenvalue weighted by Gasteiger charge is 2.11. The summed E-state index contributed by atoms with van der Waals surface area (Å²) >= 11 is 0. The Morgan fingerprint density at radius 3 is 2.18 bits per heavy atom. The van der Waals surface area contributed by atoms with Crippen LogP contribution < -0.4 is 15.2 Å². The Balaban J connectivity index is 2.84. The second kappa shape index (κ2) is 5.98. The van der Waals surface area contributed by atoms with Crippen molar-refractivity contribution in [1.29, 1.82) is 0 Å². The van der Waals surface area contributed by atoms with Crippen molar-refractivity contribution in [3.8, 4) is 11.5 Å². The number of ether oxygens (including phenoxy) is 3. The summed E-state index contributed by atoms with van der Waals surface area (Å²) in [5, 5.41) is 0. The Labute approximate surface area is 100 Å². The maximum Gasteiger partial charge on any atom is 0.404 e. The number of amides is 1. The van der Waals surface area contributed by atoms with E-state index < -0.39 is 6.09 Å². The number of primary amides is 1. The number of carbonyl (C=O) groups is 1. The first-order valence-corrected chi connectivity index (χ1v) is 5.22. The summed E-state index contributed by atoms with van der Waals surface area (Å²) < 4.78 is 15.1. The normalized spacial score (nSPS) is 11.7. The summed E-state index contributed by atoms with van der Waals surface area (Å²) in [7, 11) is 3.17. The van der Waals surface area contributed by atoms with Crippen LogP contribution in [0.15, 0.2) is 18.2 Å². The Bertz CT molecular complexity index is 370. The summed E-state index contributed by atoms with van der Waals surface area (Å²) in [6.45, 7) is 2.16. The lowest BCUT2D eigenvalue weighted by molar-refractivity contribution is 0.151. The quantitative estimate of drug-likeness (QED) is 0.851. The lowest BCUT2D eigenvalue weighted by Gasteiger charge is -2.14. The van der Waals surface area contributed by atoms with Crippen molar-refractivity contribution in [1.82, 2.24) is 0 Å². The smallest absolute Gasteiger partial charge is 0.404 e. The van der Waals surface area contributed by atoms with Gasteiger partial charge >= 0.3 is 6.09 Å². The maximum absolute atomic E-state index is 10.5. The molecule has 5 heteroatoms. The van der Waals surface area contributed by atoms with Crippen molar-refractivity contribution >= 4 is 6.09 Å². The highest BCUT2D eigenvalue weighted by molar-refractivity contribution is 5.64. The van der Waals surface area contributed by atoms with Crippen LogP contribution in [-0.2, 0) is 4.74 Å². The van der Waals surface area contributed by atoms with Gasteiger partial charge in [0.1, 0.15) is 11.5 Å². The molecule has 94 valence electrons. The molecule has 0 fully saturated rings. The van der Waals surface area contributed by atoms with Gasteiger partial charge in [-0.05, 0) is 17.7 Å². The summed E-state index contributed by atoms with van der Waals surface area (Å²) in [5.74, 6) is 1.42. The van der Waals surface area contributed by atoms with E-state index in [2.05, 4.69) is 0 Å². The Morgan fingerprint density at radius 2 is 1.76 bits per heavy atom. The molecule has 1 amide bonds. The topological polar surface area (TPSA) is 70.8 Å². The SMILES string of the molecule is COc1cc(OC)cc([C@H](C)COC(N)=O)c1. The average Bonchev–Trinajstić information content (AvgIpc) is 2.34. The fraction of sp³-hybridized carbons (Fsp3) is 0.417. The molecule has 0 unspecified atom stereocenters. The van der Waals surface area contributed by atoms with Crippen LogP contribution in [0.2, 0.25) is 0 Å². The standard InChI is InChI=1S/C12H17NO4/c1-8(7-17-12(13)14)9-4-10(15-2)6-11(5-9)16-3/h4-6,8H,7H2,1-3H3,(H2,13,14)/t8-/m1/s1. The van der Waals surface area contributed by atoms with Crippen molar-refractivity contribution in [3.05, 3.63) is 23.8 Å². The van der Waals surface area contributed by atoms with Crippen LogP contribution in [0, 0.1) is 0 Å². The molecule has 0 aromatic heterocycles. The van der Waals surface area contributed by atoms with Gasteiger partial charge in [0, 0.05) is 12.0 Å². The molecule has 1 rings (SSSR count). The molecular formula is C12H17NO4. The van der Waals surface area contributed by atoms with Crippen LogP contribution in [0.25, 0.3) is 0 Å². The van der Waals surface area contributed by atoms with Gasteiger partial charge in [-0.2, -0.15) is 0 Å². The van der Waals surface area contributed by atoms with E-state index in [0.717, 1.165) is 5.56 Å². The predicted molar refractivity (Wildman–Crippen MR) is 63.5 cm³/mol. The number of hydrogen-bond acceptors (Lipinski definition) is 4. The van der Waals surface area contributed by atoms with Crippen LogP contribution in [0.5, 0.6) is 11.5 Å². The molecule has 5 nitrogen and oxygen atoms in total. The largest absolute Gasteiger partial charge is 0.497 e. The zero-order chi connectivity index (χ0) is 12.8. The average molecular weight is 239 g/mol. The lowest BCUT2D eigenvalue weighted by Crippen LogP contribution is -2.16. The van der Waals surface area contributed by atoms with Gasteiger partial charge in [-0.25, -0.2) is 4.79 Å². The molecule has 17 heavy (non-hydrogen) atoms. The third kappa shape index (κ3) is 3.86. The first-order chi connectivity index (χ1) is 8.06. The molecule has 1 aromatic rings. The van der Waals surface area contributed by atoms with Gasteiger partial charge in [0.15, 0.2) is 0 Å². The van der Waals surface area contributed by atoms with Gasteiger partial charge in [0.05, 0.1) is 20.8 Å². The second-order valence-electron chi connectivity index (χ2n) is 3.68. The number of carbonyl (C=O) groups excluding carboxylic acids is 1. The minimum Gasteiger partial charge on any atom is -0.497 e. The van der Waals surface area contributed by atoms with Gasteiger partial charge in [-0.15, -0.1) is 0 Å². The van der Waals surface area contributed by atoms with E-state index in [1.165, 1.54) is 0 Å². The first kappa shape index (κ1) is 13.2. The molecule has 0 heterocycles. The van der Waals surface area contributed by atoms with Gasteiger partial charge in [-0.3, -0.25) is 0 Å². The highest BCUT2D eigenvalue weighted by Crippen LogP contribution is 2.27. The number of nitrogens with two attached hydrogens (primary N) is 1. The van der Waals surface area contributed by atoms with E-state index in [4.69, 9.17) is 19.9 Å². The van der Waals surface area contributed by atoms with E-state index in [0.29, 0.717) is 11.5 Å². The molecule has 0 bridgehead atoms. The van der Waals surface area contributed by atoms with Crippen LogP contribution in [0.4, 0.5) is 4.79 Å². The van der Waals surface area contributed by atoms with Crippen molar-refractivity contribution in [2.75, 3.05) is 20.8 Å². The van der Waals surface area contributed by atoms with Crippen LogP contribution >= 0.6 is 0 Å². The lowest BCUT2D eigenvalue weighted by atomic mass is 10.0. The van der Waals surface area contributed by atoms with Crippen LogP contribution in [0.1, 0.15) is 18.4 Å². The monoisotopic (exact) mass is 239 g/mol. The van der Waals surface area contributed by atoms with Crippen LogP contribution in [-0.4, -0.2) is 26.9 Å². The zero-order valence-corrected chi connectivity index (χ0v) is 10.2. The Kier molecular flexibility index (Phi) is 4.63. The summed E-state index contributed by atoms with van der Waals surface area (Å²) in [6.07, 6.45) is -0.772. The zero-order valence-electron chi connectivity index (χ0n) is 10.2. The highest BCUT2D eigenvalue weighted by atomic mass is 16.5. The van der Waals surface area contributed by atoms with Crippen molar-refractivity contribution in [2.45, 2.75) is 12.8 Å². The van der Waals surface area contributed by atoms with Gasteiger partial charge < -0.3 is 19.9 Å². The van der Waals surface area contributed by atoms with Gasteiger partial charge in [0.2, 0.25) is 0 Å². The number of benzene rings is 1. The summed E-state index contributed by atoms with van der Waals surface area (Å²) in [6, 6.07) is 5.53. The minimum atomic E-state index is -0.772. The van der Waals surface area contributed by atoms with E-state index >= 15 is 0 Å². The van der Waals surface area contributed by atoms with E-state index in [-0.39, 0.29) is 12.5 Å². The first-order valence-electron chi connectivity index (χ1n) is 5.22. The van der Waals surface area contributed by atoms with Crippen molar-refractivity contribution in [2.24, 2.45) is 5.73 Å². The number of hydrogen-bond donors (Lipinski definition) is 1. The third-order valence-electron chi connectivity index (χ3n) is 2.42. The molecule has 0 saturated heterocycles. The van der Waals surface area contributed by atoms with Crippen molar-refractivity contribution < 1.29 is 19.0 Å². The molecule has 0 radical (unpaired) electrons. The molecule has 0 aliphatic rings. The molecule has 2 N–H and O–H groups in total. The van der Waals surface area contributed by atoms with E-state index in [9.17, 15) is 4.79 Å². The maximum atomic E-state index is 10.5. The molecule has 0 aliphatic heterocycles. The molecule has 1 atom stereocenters. The third-order valence-corrected chi connectivity index (χ3v) is 2.42. The number of methoxy groups -OCH3 is 2. The fourth-order valence-electron chi connectivity index (χ4n) is 1.42. The Hall–Kier alpha value is -1.91. The van der Waals surface area contributed by atoms with E-state index in [1.807, 2.05) is 19.1 Å². The van der Waals surface area contributed by atoms with Gasteiger partial charge in [0.25, 0.3) is 0 Å². The van der Waals surface area contributed by atoms with Crippen LogP contribution in [0.3, 0.4) is 0 Å².